The van der Waals surface area contributed by atoms with Crippen LogP contribution in [0.4, 0.5) is 0 Å². The molecule has 1 aliphatic heterocycles. The number of fused-ring (bicyclic) bond motifs is 1. The van der Waals surface area contributed by atoms with Gasteiger partial charge in [-0.2, -0.15) is 0 Å². The van der Waals surface area contributed by atoms with E-state index >= 15 is 0 Å². The average molecular weight is 273 g/mol. The van der Waals surface area contributed by atoms with Gasteiger partial charge in [0.25, 0.3) is 5.91 Å². The van der Waals surface area contributed by atoms with Crippen LogP contribution in [0.2, 0.25) is 0 Å². The second kappa shape index (κ2) is 4.94. The first-order valence-corrected chi connectivity index (χ1v) is 7.03. The van der Waals surface area contributed by atoms with E-state index in [2.05, 4.69) is 0 Å². The largest absolute Gasteiger partial charge is 0.463 e. The Morgan fingerprint density at radius 1 is 1.40 bits per heavy atom. The molecule has 1 aromatic heterocycles. The highest BCUT2D eigenvalue weighted by molar-refractivity contribution is 6.06. The Balaban J connectivity index is 1.98. The van der Waals surface area contributed by atoms with Gasteiger partial charge in [0.2, 0.25) is 0 Å². The first-order valence-electron chi connectivity index (χ1n) is 7.03. The summed E-state index contributed by atoms with van der Waals surface area (Å²) in [7, 11) is 0. The maximum Gasteiger partial charge on any atom is 0.258 e. The monoisotopic (exact) mass is 273 g/mol. The van der Waals surface area contributed by atoms with Crippen LogP contribution in [0.3, 0.4) is 0 Å². The van der Waals surface area contributed by atoms with E-state index in [1.807, 2.05) is 32.0 Å². The van der Waals surface area contributed by atoms with Gasteiger partial charge in [-0.15, -0.1) is 0 Å². The summed E-state index contributed by atoms with van der Waals surface area (Å²) in [5.41, 5.74) is 2.37. The summed E-state index contributed by atoms with van der Waals surface area (Å²) in [4.78, 5) is 14.4. The molecule has 1 N–H and O–H groups in total. The number of aliphatic hydroxyl groups is 1. The van der Waals surface area contributed by atoms with E-state index < -0.39 is 6.10 Å². The molecule has 0 spiro atoms. The number of furan rings is 1. The van der Waals surface area contributed by atoms with Crippen LogP contribution in [0, 0.1) is 6.92 Å². The lowest BCUT2D eigenvalue weighted by molar-refractivity contribution is 0.0310. The zero-order valence-electron chi connectivity index (χ0n) is 11.8. The minimum Gasteiger partial charge on any atom is -0.463 e. The predicted octanol–water partition coefficient (Wildman–Crippen LogP) is 2.73. The number of amides is 1. The molecule has 0 unspecified atom stereocenters. The third kappa shape index (κ3) is 2.10. The average Bonchev–Trinajstić information content (AvgIpc) is 2.86. The Morgan fingerprint density at radius 2 is 2.20 bits per heavy atom. The summed E-state index contributed by atoms with van der Waals surface area (Å²) in [5, 5.41) is 10.6. The molecular weight excluding hydrogens is 254 g/mol. The first kappa shape index (κ1) is 13.2. The summed E-state index contributed by atoms with van der Waals surface area (Å²) in [5.74, 6) is -0.0550. The van der Waals surface area contributed by atoms with Gasteiger partial charge in [0.05, 0.1) is 11.7 Å². The van der Waals surface area contributed by atoms with Crippen molar-refractivity contribution in [3.8, 4) is 0 Å². The predicted molar refractivity (Wildman–Crippen MR) is 76.7 cm³/mol. The van der Waals surface area contributed by atoms with Crippen molar-refractivity contribution in [2.45, 2.75) is 38.8 Å². The number of β-amino-alcohol motifs (C(OH)–C–C–N with tert-alkyl or cyclic N) is 1. The molecule has 0 bridgehead atoms. The molecule has 0 saturated carbocycles. The van der Waals surface area contributed by atoms with Gasteiger partial charge in [-0.3, -0.25) is 4.79 Å². The summed E-state index contributed by atoms with van der Waals surface area (Å²) >= 11 is 0. The molecule has 4 heteroatoms. The number of para-hydroxylation sites is 1. The molecule has 20 heavy (non-hydrogen) atoms. The fourth-order valence-electron chi connectivity index (χ4n) is 2.89. The minimum absolute atomic E-state index is 0.0550. The molecule has 1 saturated heterocycles. The van der Waals surface area contributed by atoms with Gasteiger partial charge in [-0.05, 0) is 32.3 Å². The maximum absolute atomic E-state index is 12.7. The van der Waals surface area contributed by atoms with Crippen LogP contribution in [-0.2, 0) is 0 Å². The van der Waals surface area contributed by atoms with E-state index in [-0.39, 0.29) is 11.9 Å². The second-order valence-electron chi connectivity index (χ2n) is 5.64. The van der Waals surface area contributed by atoms with Gasteiger partial charge in [0, 0.05) is 18.0 Å². The summed E-state index contributed by atoms with van der Waals surface area (Å²) in [6.45, 7) is 4.39. The fraction of sp³-hybridized carbons (Fsp3) is 0.438. The van der Waals surface area contributed by atoms with Crippen molar-refractivity contribution in [3.63, 3.8) is 0 Å². The van der Waals surface area contributed by atoms with E-state index in [4.69, 9.17) is 4.42 Å². The smallest absolute Gasteiger partial charge is 0.258 e. The minimum atomic E-state index is -0.421. The standard InChI is InChI=1S/C16H19NO3/c1-10-4-3-5-13-14(9-20-15(10)13)16(19)17-8-12(18)7-6-11(17)2/h3-5,9,11-12,18H,6-8H2,1-2H3/t11-,12-/m1/s1. The number of carbonyl (C=O) groups excluding carboxylic acids is 1. The zero-order valence-corrected chi connectivity index (χ0v) is 11.8. The lowest BCUT2D eigenvalue weighted by Gasteiger charge is -2.35. The lowest BCUT2D eigenvalue weighted by atomic mass is 10.00. The van der Waals surface area contributed by atoms with Crippen molar-refractivity contribution in [2.75, 3.05) is 6.54 Å². The highest BCUT2D eigenvalue weighted by atomic mass is 16.3. The van der Waals surface area contributed by atoms with Crippen LogP contribution >= 0.6 is 0 Å². The second-order valence-corrected chi connectivity index (χ2v) is 5.64. The van der Waals surface area contributed by atoms with Gasteiger partial charge < -0.3 is 14.4 Å². The molecule has 3 rings (SSSR count). The van der Waals surface area contributed by atoms with Crippen molar-refractivity contribution < 1.29 is 14.3 Å². The molecule has 2 aromatic rings. The molecule has 2 atom stereocenters. The first-order chi connectivity index (χ1) is 9.58. The quantitative estimate of drug-likeness (QED) is 0.869. The SMILES string of the molecule is Cc1cccc2c(C(=O)N3C[C@H](O)CC[C@H]3C)coc12. The number of piperidine rings is 1. The molecule has 1 aromatic carbocycles. The highest BCUT2D eigenvalue weighted by Crippen LogP contribution is 2.27. The number of rotatable bonds is 1. The number of hydrogen-bond acceptors (Lipinski definition) is 3. The molecule has 4 nitrogen and oxygen atoms in total. The van der Waals surface area contributed by atoms with E-state index in [1.54, 1.807) is 4.90 Å². The number of aryl methyl sites for hydroxylation is 1. The van der Waals surface area contributed by atoms with E-state index in [1.165, 1.54) is 6.26 Å². The number of likely N-dealkylation sites (tertiary alicyclic amines) is 1. The third-order valence-corrected chi connectivity index (χ3v) is 4.15. The van der Waals surface area contributed by atoms with Gasteiger partial charge in [-0.25, -0.2) is 0 Å². The van der Waals surface area contributed by atoms with Crippen molar-refractivity contribution >= 4 is 16.9 Å². The van der Waals surface area contributed by atoms with Crippen molar-refractivity contribution in [3.05, 3.63) is 35.6 Å². The Hall–Kier alpha value is -1.81. The molecule has 1 fully saturated rings. The van der Waals surface area contributed by atoms with E-state index in [9.17, 15) is 9.90 Å². The normalized spacial score (nSPS) is 23.2. The molecule has 1 aliphatic rings. The Kier molecular flexibility index (Phi) is 3.26. The number of carbonyl (C=O) groups is 1. The number of aliphatic hydroxyl groups excluding tert-OH is 1. The maximum atomic E-state index is 12.7. The van der Waals surface area contributed by atoms with Crippen LogP contribution in [0.1, 0.15) is 35.7 Å². The highest BCUT2D eigenvalue weighted by Gasteiger charge is 2.30. The van der Waals surface area contributed by atoms with Gasteiger partial charge in [-0.1, -0.05) is 18.2 Å². The Bertz CT molecular complexity index is 646. The van der Waals surface area contributed by atoms with Crippen LogP contribution in [-0.4, -0.2) is 34.6 Å². The van der Waals surface area contributed by atoms with Crippen LogP contribution in [0.15, 0.2) is 28.9 Å². The molecule has 2 heterocycles. The third-order valence-electron chi connectivity index (χ3n) is 4.15. The number of hydrogen-bond donors (Lipinski definition) is 1. The van der Waals surface area contributed by atoms with Crippen LogP contribution in [0.25, 0.3) is 11.0 Å². The Morgan fingerprint density at radius 3 is 3.00 bits per heavy atom. The van der Waals surface area contributed by atoms with Crippen LogP contribution < -0.4 is 0 Å². The zero-order chi connectivity index (χ0) is 14.3. The summed E-state index contributed by atoms with van der Waals surface area (Å²) in [6, 6.07) is 5.95. The number of nitrogens with zero attached hydrogens (tertiary/aromatic N) is 1. The fourth-order valence-corrected chi connectivity index (χ4v) is 2.89. The molecule has 0 radical (unpaired) electrons. The van der Waals surface area contributed by atoms with E-state index in [0.717, 1.165) is 29.4 Å². The number of benzene rings is 1. The van der Waals surface area contributed by atoms with Crippen molar-refractivity contribution in [1.29, 1.82) is 0 Å². The molecule has 1 amide bonds. The van der Waals surface area contributed by atoms with Crippen molar-refractivity contribution in [1.82, 2.24) is 4.90 Å². The van der Waals surface area contributed by atoms with Crippen LogP contribution in [0.5, 0.6) is 0 Å². The van der Waals surface area contributed by atoms with Gasteiger partial charge >= 0.3 is 0 Å². The molecule has 0 aliphatic carbocycles. The van der Waals surface area contributed by atoms with Crippen molar-refractivity contribution in [2.24, 2.45) is 0 Å². The molecule has 106 valence electrons. The van der Waals surface area contributed by atoms with Gasteiger partial charge in [0.15, 0.2) is 0 Å². The van der Waals surface area contributed by atoms with Gasteiger partial charge in [0.1, 0.15) is 11.8 Å². The summed E-state index contributed by atoms with van der Waals surface area (Å²) in [6.07, 6.45) is 2.71. The van der Waals surface area contributed by atoms with E-state index in [0.29, 0.717) is 12.1 Å². The lowest BCUT2D eigenvalue weighted by Crippen LogP contribution is -2.47. The Labute approximate surface area is 118 Å². The summed E-state index contributed by atoms with van der Waals surface area (Å²) < 4.78 is 5.54. The molecular formula is C16H19NO3. The topological polar surface area (TPSA) is 53.7 Å².